The van der Waals surface area contributed by atoms with Gasteiger partial charge in [0.05, 0.1) is 28.4 Å². The Balaban J connectivity index is 1.68. The molecule has 0 spiro atoms. The molecule has 5 aromatic carbocycles. The third-order valence-corrected chi connectivity index (χ3v) is 6.23. The summed E-state index contributed by atoms with van der Waals surface area (Å²) in [5.74, 6) is 0. The van der Waals surface area contributed by atoms with Crippen molar-refractivity contribution in [3.63, 3.8) is 0 Å². The molecule has 6 rings (SSSR count). The highest BCUT2D eigenvalue weighted by Gasteiger charge is 2.16. The summed E-state index contributed by atoms with van der Waals surface area (Å²) >= 11 is 0. The lowest BCUT2D eigenvalue weighted by Crippen LogP contribution is -1.98. The van der Waals surface area contributed by atoms with Crippen molar-refractivity contribution >= 4 is 21.8 Å². The topological polar surface area (TPSA) is 28.7 Å². The van der Waals surface area contributed by atoms with Gasteiger partial charge in [-0.15, -0.1) is 0 Å². The van der Waals surface area contributed by atoms with Crippen molar-refractivity contribution in [1.29, 1.82) is 5.26 Å². The van der Waals surface area contributed by atoms with E-state index in [1.165, 1.54) is 21.9 Å². The van der Waals surface area contributed by atoms with Crippen LogP contribution in [-0.4, -0.2) is 4.57 Å². The van der Waals surface area contributed by atoms with Gasteiger partial charge in [-0.25, -0.2) is 0 Å². The van der Waals surface area contributed by atoms with E-state index in [0.717, 1.165) is 27.8 Å². The van der Waals surface area contributed by atoms with Gasteiger partial charge in [-0.3, -0.25) is 0 Å². The quantitative estimate of drug-likeness (QED) is 0.285. The zero-order chi connectivity index (χ0) is 22.2. The zero-order valence-corrected chi connectivity index (χ0v) is 17.9. The fourth-order valence-electron chi connectivity index (χ4n) is 4.69. The summed E-state index contributed by atoms with van der Waals surface area (Å²) in [4.78, 5) is 0. The summed E-state index contributed by atoms with van der Waals surface area (Å²) < 4.78 is 2.32. The maximum Gasteiger partial charge on any atom is 0.0991 e. The van der Waals surface area contributed by atoms with E-state index < -0.39 is 0 Å². The molecule has 0 aliphatic heterocycles. The summed E-state index contributed by atoms with van der Waals surface area (Å²) in [7, 11) is 0. The Hall–Kier alpha value is -4.61. The van der Waals surface area contributed by atoms with Crippen molar-refractivity contribution in [2.75, 3.05) is 0 Å². The van der Waals surface area contributed by atoms with Gasteiger partial charge in [0.2, 0.25) is 0 Å². The van der Waals surface area contributed by atoms with Gasteiger partial charge in [-0.1, -0.05) is 84.9 Å². The summed E-state index contributed by atoms with van der Waals surface area (Å²) in [5.41, 5.74) is 8.58. The van der Waals surface area contributed by atoms with Crippen LogP contribution in [0.15, 0.2) is 121 Å². The molecule has 0 aliphatic carbocycles. The second-order valence-electron chi connectivity index (χ2n) is 8.16. The van der Waals surface area contributed by atoms with Crippen LogP contribution in [0.3, 0.4) is 0 Å². The molecular weight excluding hydrogens is 400 g/mol. The minimum absolute atomic E-state index is 0.657. The first-order valence-corrected chi connectivity index (χ1v) is 11.0. The van der Waals surface area contributed by atoms with Crippen molar-refractivity contribution in [3.05, 3.63) is 127 Å². The highest BCUT2D eigenvalue weighted by atomic mass is 15.0. The maximum absolute atomic E-state index is 9.56. The first kappa shape index (κ1) is 19.1. The number of hydrogen-bond acceptors (Lipinski definition) is 1. The lowest BCUT2D eigenvalue weighted by Gasteiger charge is -2.14. The molecule has 0 atom stereocenters. The van der Waals surface area contributed by atoms with Crippen LogP contribution in [0, 0.1) is 11.3 Å². The molecule has 0 N–H and O–H groups in total. The highest BCUT2D eigenvalue weighted by molar-refractivity contribution is 6.11. The molecule has 0 radical (unpaired) electrons. The van der Waals surface area contributed by atoms with E-state index in [0.29, 0.717) is 5.56 Å². The second kappa shape index (κ2) is 7.82. The second-order valence-corrected chi connectivity index (χ2v) is 8.16. The van der Waals surface area contributed by atoms with Crippen molar-refractivity contribution in [1.82, 2.24) is 4.57 Å². The molecule has 0 aliphatic rings. The monoisotopic (exact) mass is 420 g/mol. The number of benzene rings is 5. The fourth-order valence-corrected chi connectivity index (χ4v) is 4.69. The normalized spacial score (nSPS) is 11.0. The minimum atomic E-state index is 0.657. The predicted octanol–water partition coefficient (Wildman–Crippen LogP) is 7.99. The predicted molar refractivity (Wildman–Crippen MR) is 136 cm³/mol. The van der Waals surface area contributed by atoms with Crippen LogP contribution >= 0.6 is 0 Å². The van der Waals surface area contributed by atoms with Crippen molar-refractivity contribution in [2.24, 2.45) is 0 Å². The van der Waals surface area contributed by atoms with Crippen LogP contribution in [-0.2, 0) is 0 Å². The Morgan fingerprint density at radius 2 is 1.18 bits per heavy atom. The van der Waals surface area contributed by atoms with Gasteiger partial charge in [0.25, 0.3) is 0 Å². The molecule has 0 amide bonds. The molecule has 0 fully saturated rings. The van der Waals surface area contributed by atoms with Crippen molar-refractivity contribution < 1.29 is 0 Å². The van der Waals surface area contributed by atoms with Crippen LogP contribution in [0.5, 0.6) is 0 Å². The van der Waals surface area contributed by atoms with Crippen LogP contribution in [0.25, 0.3) is 49.7 Å². The molecule has 1 aromatic heterocycles. The van der Waals surface area contributed by atoms with E-state index in [1.54, 1.807) is 0 Å². The Kier molecular flexibility index (Phi) is 4.53. The first-order chi connectivity index (χ1) is 16.3. The summed E-state index contributed by atoms with van der Waals surface area (Å²) in [6.45, 7) is 0. The smallest absolute Gasteiger partial charge is 0.0991 e. The summed E-state index contributed by atoms with van der Waals surface area (Å²) in [6, 6.07) is 44.3. The number of nitrogens with zero attached hydrogens (tertiary/aromatic N) is 2. The van der Waals surface area contributed by atoms with Gasteiger partial charge in [-0.05, 0) is 53.1 Å². The maximum atomic E-state index is 9.56. The molecule has 0 saturated carbocycles. The number of para-hydroxylation sites is 1. The largest absolute Gasteiger partial charge is 0.309 e. The Morgan fingerprint density at radius 3 is 1.94 bits per heavy atom. The van der Waals surface area contributed by atoms with Crippen LogP contribution in [0.4, 0.5) is 0 Å². The number of aromatic nitrogens is 1. The number of fused-ring (bicyclic) bond motifs is 3. The van der Waals surface area contributed by atoms with E-state index in [9.17, 15) is 5.26 Å². The molecule has 2 nitrogen and oxygen atoms in total. The number of hydrogen-bond donors (Lipinski definition) is 0. The van der Waals surface area contributed by atoms with E-state index >= 15 is 0 Å². The number of rotatable bonds is 3. The Bertz CT molecular complexity index is 1650. The molecular formula is C31H20N2. The zero-order valence-electron chi connectivity index (χ0n) is 17.9. The number of nitriles is 1. The average Bonchev–Trinajstić information content (AvgIpc) is 3.23. The van der Waals surface area contributed by atoms with E-state index in [2.05, 4.69) is 95.6 Å². The molecule has 0 unspecified atom stereocenters. The SMILES string of the molecule is N#Cc1ccc(-n2c3ccccc3c3cc(-c4ccccc4)ccc32)c(-c2ccccc2)c1. The Labute approximate surface area is 192 Å². The van der Waals surface area contributed by atoms with E-state index in [4.69, 9.17) is 0 Å². The molecule has 33 heavy (non-hydrogen) atoms. The molecule has 2 heteroatoms. The lowest BCUT2D eigenvalue weighted by molar-refractivity contribution is 1.18. The van der Waals surface area contributed by atoms with Crippen LogP contribution in [0.1, 0.15) is 5.56 Å². The molecule has 6 aromatic rings. The van der Waals surface area contributed by atoms with Crippen LogP contribution < -0.4 is 0 Å². The molecule has 0 bridgehead atoms. The van der Waals surface area contributed by atoms with Gasteiger partial charge in [-0.2, -0.15) is 5.26 Å². The van der Waals surface area contributed by atoms with Gasteiger partial charge >= 0.3 is 0 Å². The van der Waals surface area contributed by atoms with Crippen molar-refractivity contribution in [3.8, 4) is 34.0 Å². The Morgan fingerprint density at radius 1 is 0.515 bits per heavy atom. The standard InChI is InChI=1S/C31H20N2/c32-21-22-15-17-30(27(19-22)24-11-5-2-6-12-24)33-29-14-8-7-13-26(29)28-20-25(16-18-31(28)33)23-9-3-1-4-10-23/h1-20H. The molecule has 0 saturated heterocycles. The minimum Gasteiger partial charge on any atom is -0.309 e. The van der Waals surface area contributed by atoms with Gasteiger partial charge in [0, 0.05) is 16.3 Å². The average molecular weight is 421 g/mol. The third-order valence-electron chi connectivity index (χ3n) is 6.23. The lowest BCUT2D eigenvalue weighted by atomic mass is 10.0. The van der Waals surface area contributed by atoms with Gasteiger partial charge in [0.1, 0.15) is 0 Å². The molecule has 154 valence electrons. The van der Waals surface area contributed by atoms with Crippen molar-refractivity contribution in [2.45, 2.75) is 0 Å². The first-order valence-electron chi connectivity index (χ1n) is 11.0. The summed E-state index contributed by atoms with van der Waals surface area (Å²) in [6.07, 6.45) is 0. The highest BCUT2D eigenvalue weighted by Crippen LogP contribution is 2.38. The van der Waals surface area contributed by atoms with E-state index in [1.807, 2.05) is 36.4 Å². The fraction of sp³-hybridized carbons (Fsp3) is 0. The van der Waals surface area contributed by atoms with Crippen LogP contribution in [0.2, 0.25) is 0 Å². The van der Waals surface area contributed by atoms with Gasteiger partial charge < -0.3 is 4.57 Å². The van der Waals surface area contributed by atoms with E-state index in [-0.39, 0.29) is 0 Å². The summed E-state index contributed by atoms with van der Waals surface area (Å²) in [5, 5.41) is 12.0. The molecule has 1 heterocycles. The third kappa shape index (κ3) is 3.19. The van der Waals surface area contributed by atoms with Gasteiger partial charge in [0.15, 0.2) is 0 Å².